The Morgan fingerprint density at radius 2 is 1.92 bits per heavy atom. The number of aryl methyl sites for hydroxylation is 2. The van der Waals surface area contributed by atoms with Crippen LogP contribution in [0.5, 0.6) is 0 Å². The van der Waals surface area contributed by atoms with Crippen molar-refractivity contribution in [1.82, 2.24) is 9.97 Å². The van der Waals surface area contributed by atoms with Gasteiger partial charge in [0.05, 0.1) is 11.0 Å². The van der Waals surface area contributed by atoms with Gasteiger partial charge in [-0.2, -0.15) is 0 Å². The molecular formula is C18H17F2N3O. The molecule has 6 heteroatoms. The molecular weight excluding hydrogens is 312 g/mol. The molecule has 0 aliphatic carbocycles. The van der Waals surface area contributed by atoms with E-state index in [0.29, 0.717) is 16.6 Å². The lowest BCUT2D eigenvalue weighted by atomic mass is 10.1. The smallest absolute Gasteiger partial charge is 0.295 e. The van der Waals surface area contributed by atoms with E-state index in [1.807, 2.05) is 32.0 Å². The summed E-state index contributed by atoms with van der Waals surface area (Å²) in [5.74, 6) is -0.601. The van der Waals surface area contributed by atoms with E-state index in [0.717, 1.165) is 16.8 Å². The molecule has 1 N–H and O–H groups in total. The minimum Gasteiger partial charge on any atom is -0.337 e. The van der Waals surface area contributed by atoms with E-state index in [4.69, 9.17) is 0 Å². The molecule has 0 atom stereocenters. The zero-order valence-electron chi connectivity index (χ0n) is 13.6. The summed E-state index contributed by atoms with van der Waals surface area (Å²) >= 11 is 0. The largest absolute Gasteiger partial charge is 0.337 e. The number of aromatic nitrogens is 2. The molecule has 0 aliphatic heterocycles. The molecule has 3 aromatic rings. The highest BCUT2D eigenvalue weighted by Crippen LogP contribution is 2.24. The van der Waals surface area contributed by atoms with E-state index in [1.54, 1.807) is 30.1 Å². The molecule has 1 heterocycles. The van der Waals surface area contributed by atoms with E-state index in [-0.39, 0.29) is 5.91 Å². The van der Waals surface area contributed by atoms with Crippen LogP contribution in [0.1, 0.15) is 33.7 Å². The number of nitrogens with one attached hydrogen (secondary N) is 1. The molecule has 0 radical (unpaired) electrons. The average molecular weight is 329 g/mol. The summed E-state index contributed by atoms with van der Waals surface area (Å²) < 4.78 is 25.5. The maximum absolute atomic E-state index is 12.7. The van der Waals surface area contributed by atoms with Crippen molar-refractivity contribution in [3.05, 3.63) is 58.9 Å². The first-order valence-electron chi connectivity index (χ1n) is 7.50. The van der Waals surface area contributed by atoms with Crippen molar-refractivity contribution in [3.63, 3.8) is 0 Å². The Kier molecular flexibility index (Phi) is 4.05. The number of aromatic amines is 1. The van der Waals surface area contributed by atoms with Crippen LogP contribution in [0.3, 0.4) is 0 Å². The topological polar surface area (TPSA) is 49.0 Å². The summed E-state index contributed by atoms with van der Waals surface area (Å²) in [6, 6.07) is 10.6. The van der Waals surface area contributed by atoms with Crippen LogP contribution in [0.4, 0.5) is 14.5 Å². The second-order valence-corrected chi connectivity index (χ2v) is 5.81. The maximum atomic E-state index is 12.7. The zero-order valence-corrected chi connectivity index (χ0v) is 13.6. The van der Waals surface area contributed by atoms with Crippen molar-refractivity contribution in [3.8, 4) is 0 Å². The molecule has 2 aromatic carbocycles. The number of carbonyl (C=O) groups is 1. The maximum Gasteiger partial charge on any atom is 0.295 e. The number of halogens is 2. The fraction of sp³-hybridized carbons (Fsp3) is 0.222. The van der Waals surface area contributed by atoms with Gasteiger partial charge in [0.1, 0.15) is 0 Å². The Balaban J connectivity index is 1.96. The first-order chi connectivity index (χ1) is 11.4. The van der Waals surface area contributed by atoms with Gasteiger partial charge in [0.25, 0.3) is 12.3 Å². The van der Waals surface area contributed by atoms with Crippen molar-refractivity contribution in [2.75, 3.05) is 11.9 Å². The molecule has 3 rings (SSSR count). The third kappa shape index (κ3) is 2.87. The van der Waals surface area contributed by atoms with Crippen LogP contribution in [0, 0.1) is 13.8 Å². The Hall–Kier alpha value is -2.76. The second kappa shape index (κ2) is 6.03. The normalized spacial score (nSPS) is 11.2. The van der Waals surface area contributed by atoms with Gasteiger partial charge >= 0.3 is 0 Å². The number of fused-ring (bicyclic) bond motifs is 1. The molecule has 0 spiro atoms. The molecule has 0 bridgehead atoms. The van der Waals surface area contributed by atoms with Gasteiger partial charge in [-0.05, 0) is 49.2 Å². The van der Waals surface area contributed by atoms with Crippen LogP contribution in [0.25, 0.3) is 11.0 Å². The summed E-state index contributed by atoms with van der Waals surface area (Å²) in [7, 11) is 1.70. The molecule has 24 heavy (non-hydrogen) atoms. The minimum absolute atomic E-state index is 0.209. The van der Waals surface area contributed by atoms with Crippen LogP contribution in [0.2, 0.25) is 0 Å². The van der Waals surface area contributed by atoms with Gasteiger partial charge in [0.15, 0.2) is 5.82 Å². The first kappa shape index (κ1) is 16.1. The number of imidazole rings is 1. The number of rotatable bonds is 3. The molecule has 0 aliphatic rings. The number of amides is 1. The predicted molar refractivity (Wildman–Crippen MR) is 89.7 cm³/mol. The molecule has 0 saturated heterocycles. The number of benzene rings is 2. The van der Waals surface area contributed by atoms with Crippen molar-refractivity contribution in [2.24, 2.45) is 0 Å². The second-order valence-electron chi connectivity index (χ2n) is 5.81. The van der Waals surface area contributed by atoms with E-state index in [1.165, 1.54) is 0 Å². The number of H-pyrrole nitrogens is 1. The summed E-state index contributed by atoms with van der Waals surface area (Å²) in [4.78, 5) is 20.7. The summed E-state index contributed by atoms with van der Waals surface area (Å²) in [5, 5.41) is 0. The Morgan fingerprint density at radius 1 is 1.17 bits per heavy atom. The molecule has 0 fully saturated rings. The molecule has 1 aromatic heterocycles. The highest BCUT2D eigenvalue weighted by atomic mass is 19.3. The van der Waals surface area contributed by atoms with E-state index >= 15 is 0 Å². The van der Waals surface area contributed by atoms with Crippen molar-refractivity contribution in [1.29, 1.82) is 0 Å². The number of nitrogens with zero attached hydrogens (tertiary/aromatic N) is 2. The van der Waals surface area contributed by atoms with Gasteiger partial charge in [-0.15, -0.1) is 0 Å². The monoisotopic (exact) mass is 329 g/mol. The van der Waals surface area contributed by atoms with Crippen molar-refractivity contribution in [2.45, 2.75) is 20.3 Å². The van der Waals surface area contributed by atoms with E-state index in [9.17, 15) is 13.6 Å². The fourth-order valence-corrected chi connectivity index (χ4v) is 2.65. The van der Waals surface area contributed by atoms with Gasteiger partial charge in [-0.3, -0.25) is 4.79 Å². The number of alkyl halides is 2. The number of hydrogen-bond acceptors (Lipinski definition) is 2. The quantitative estimate of drug-likeness (QED) is 0.774. The molecule has 124 valence electrons. The van der Waals surface area contributed by atoms with E-state index in [2.05, 4.69) is 9.97 Å². The molecule has 1 amide bonds. The van der Waals surface area contributed by atoms with Gasteiger partial charge < -0.3 is 9.88 Å². The van der Waals surface area contributed by atoms with Crippen LogP contribution in [-0.4, -0.2) is 22.9 Å². The first-order valence-corrected chi connectivity index (χ1v) is 7.50. The van der Waals surface area contributed by atoms with Crippen LogP contribution in [-0.2, 0) is 0 Å². The summed E-state index contributed by atoms with van der Waals surface area (Å²) in [6.45, 7) is 3.90. The predicted octanol–water partition coefficient (Wildman–Crippen LogP) is 4.39. The summed E-state index contributed by atoms with van der Waals surface area (Å²) in [6.07, 6.45) is -2.67. The SMILES string of the molecule is Cc1ccc(C)c(N(C)C(=O)c2ccc3nc(C(F)F)[nH]c3c2)c1. The van der Waals surface area contributed by atoms with Gasteiger partial charge in [0.2, 0.25) is 0 Å². The standard InChI is InChI=1S/C18H17F2N3O/c1-10-4-5-11(2)15(8-10)23(3)18(24)12-6-7-13-14(9-12)22-17(21-13)16(19)20/h4-9,16H,1-3H3,(H,21,22). The van der Waals surface area contributed by atoms with Gasteiger partial charge in [-0.1, -0.05) is 12.1 Å². The minimum atomic E-state index is -2.67. The van der Waals surface area contributed by atoms with Gasteiger partial charge in [0, 0.05) is 18.3 Å². The van der Waals surface area contributed by atoms with Crippen LogP contribution in [0.15, 0.2) is 36.4 Å². The van der Waals surface area contributed by atoms with Crippen molar-refractivity contribution >= 4 is 22.6 Å². The Labute approximate surface area is 138 Å². The van der Waals surface area contributed by atoms with Crippen molar-refractivity contribution < 1.29 is 13.6 Å². The third-order valence-corrected chi connectivity index (χ3v) is 3.98. The molecule has 0 unspecified atom stereocenters. The number of hydrogen-bond donors (Lipinski definition) is 1. The average Bonchev–Trinajstić information content (AvgIpc) is 2.99. The lowest BCUT2D eigenvalue weighted by Crippen LogP contribution is -2.27. The number of carbonyl (C=O) groups excluding carboxylic acids is 1. The Bertz CT molecular complexity index is 918. The fourth-order valence-electron chi connectivity index (χ4n) is 2.65. The summed E-state index contributed by atoms with van der Waals surface area (Å²) in [5.41, 5.74) is 4.11. The number of anilines is 1. The molecule has 4 nitrogen and oxygen atoms in total. The van der Waals surface area contributed by atoms with E-state index < -0.39 is 12.2 Å². The highest BCUT2D eigenvalue weighted by molar-refractivity contribution is 6.07. The van der Waals surface area contributed by atoms with Crippen LogP contribution < -0.4 is 4.90 Å². The zero-order chi connectivity index (χ0) is 17.4. The molecule has 0 saturated carbocycles. The lowest BCUT2D eigenvalue weighted by Gasteiger charge is -2.20. The lowest BCUT2D eigenvalue weighted by molar-refractivity contribution is 0.0993. The highest BCUT2D eigenvalue weighted by Gasteiger charge is 2.18. The van der Waals surface area contributed by atoms with Gasteiger partial charge in [-0.25, -0.2) is 13.8 Å². The third-order valence-electron chi connectivity index (χ3n) is 3.98. The van der Waals surface area contributed by atoms with Crippen LogP contribution >= 0.6 is 0 Å². The Morgan fingerprint density at radius 3 is 2.62 bits per heavy atom.